The summed E-state index contributed by atoms with van der Waals surface area (Å²) in [6.45, 7) is 0. The molecule has 1 unspecified atom stereocenters. The van der Waals surface area contributed by atoms with E-state index in [9.17, 15) is 17.6 Å². The predicted octanol–water partition coefficient (Wildman–Crippen LogP) is 0.984. The van der Waals surface area contributed by atoms with Crippen LogP contribution in [0.2, 0.25) is 0 Å². The monoisotopic (exact) mass is 324 g/mol. The Morgan fingerprint density at radius 3 is 2.86 bits per heavy atom. The van der Waals surface area contributed by atoms with Crippen LogP contribution < -0.4 is 5.32 Å². The maximum absolute atomic E-state index is 13.8. The molecule has 116 valence electrons. The lowest BCUT2D eigenvalue weighted by molar-refractivity contribution is -0.119. The van der Waals surface area contributed by atoms with Gasteiger partial charge in [-0.25, -0.2) is 17.8 Å². The molecule has 22 heavy (non-hydrogen) atoms. The van der Waals surface area contributed by atoms with E-state index in [1.165, 1.54) is 24.5 Å². The highest BCUT2D eigenvalue weighted by atomic mass is 32.2. The number of amides is 1. The Labute approximate surface area is 125 Å². The summed E-state index contributed by atoms with van der Waals surface area (Å²) in [4.78, 5) is 16.0. The number of carbonyl (C=O) groups excluding carboxylic acids is 1. The molecule has 9 heteroatoms. The van der Waals surface area contributed by atoms with Gasteiger partial charge in [-0.2, -0.15) is 5.10 Å². The second-order valence-electron chi connectivity index (χ2n) is 5.12. The number of halogens is 1. The van der Waals surface area contributed by atoms with Crippen molar-refractivity contribution < 1.29 is 17.6 Å². The SMILES string of the molecule is O=C(Nc1cc(-c2ncn[nH]2)ccc1F)C1CCS(=O)(=O)C1. The van der Waals surface area contributed by atoms with E-state index in [0.29, 0.717) is 11.4 Å². The molecule has 1 aromatic heterocycles. The normalized spacial score (nSPS) is 20.0. The van der Waals surface area contributed by atoms with Crippen LogP contribution in [0, 0.1) is 11.7 Å². The van der Waals surface area contributed by atoms with Gasteiger partial charge in [0, 0.05) is 5.56 Å². The van der Waals surface area contributed by atoms with Gasteiger partial charge in [0.1, 0.15) is 12.1 Å². The van der Waals surface area contributed by atoms with Crippen molar-refractivity contribution in [1.29, 1.82) is 0 Å². The van der Waals surface area contributed by atoms with Crippen molar-refractivity contribution in [2.75, 3.05) is 16.8 Å². The molecule has 0 aliphatic carbocycles. The summed E-state index contributed by atoms with van der Waals surface area (Å²) in [5.74, 6) is -1.49. The molecule has 2 heterocycles. The Balaban J connectivity index is 1.80. The van der Waals surface area contributed by atoms with Crippen LogP contribution in [0.4, 0.5) is 10.1 Å². The first kappa shape index (κ1) is 14.6. The molecule has 1 fully saturated rings. The maximum Gasteiger partial charge on any atom is 0.228 e. The van der Waals surface area contributed by atoms with Gasteiger partial charge in [-0.15, -0.1) is 0 Å². The second kappa shape index (κ2) is 5.48. The Morgan fingerprint density at radius 2 is 2.23 bits per heavy atom. The summed E-state index contributed by atoms with van der Waals surface area (Å²) in [6, 6.07) is 4.14. The summed E-state index contributed by atoms with van der Waals surface area (Å²) in [6.07, 6.45) is 1.58. The van der Waals surface area contributed by atoms with Crippen LogP contribution in [-0.4, -0.2) is 41.0 Å². The largest absolute Gasteiger partial charge is 0.323 e. The van der Waals surface area contributed by atoms with Crippen LogP contribution in [0.25, 0.3) is 11.4 Å². The molecule has 1 amide bonds. The van der Waals surface area contributed by atoms with Crippen LogP contribution in [-0.2, 0) is 14.6 Å². The summed E-state index contributed by atoms with van der Waals surface area (Å²) in [7, 11) is -3.16. The zero-order valence-corrected chi connectivity index (χ0v) is 12.2. The number of H-pyrrole nitrogens is 1. The summed E-state index contributed by atoms with van der Waals surface area (Å²) < 4.78 is 36.6. The summed E-state index contributed by atoms with van der Waals surface area (Å²) in [5.41, 5.74) is 0.552. The van der Waals surface area contributed by atoms with Crippen molar-refractivity contribution in [3.8, 4) is 11.4 Å². The van der Waals surface area contributed by atoms with E-state index in [1.807, 2.05) is 0 Å². The highest BCUT2D eigenvalue weighted by Crippen LogP contribution is 2.25. The average Bonchev–Trinajstić information content (AvgIpc) is 3.10. The first-order valence-corrected chi connectivity index (χ1v) is 8.43. The molecule has 0 radical (unpaired) electrons. The highest BCUT2D eigenvalue weighted by Gasteiger charge is 2.33. The van der Waals surface area contributed by atoms with E-state index >= 15 is 0 Å². The van der Waals surface area contributed by atoms with E-state index < -0.39 is 27.5 Å². The number of hydrogen-bond acceptors (Lipinski definition) is 5. The number of sulfone groups is 1. The third kappa shape index (κ3) is 2.98. The molecule has 1 atom stereocenters. The van der Waals surface area contributed by atoms with Gasteiger partial charge in [0.25, 0.3) is 0 Å². The molecule has 1 aromatic carbocycles. The lowest BCUT2D eigenvalue weighted by Gasteiger charge is -2.11. The Kier molecular flexibility index (Phi) is 3.65. The minimum Gasteiger partial charge on any atom is -0.323 e. The number of aromatic nitrogens is 3. The van der Waals surface area contributed by atoms with E-state index in [0.717, 1.165) is 0 Å². The standard InChI is InChI=1S/C13H13FN4O3S/c14-10-2-1-8(12-15-7-16-18-12)5-11(10)17-13(19)9-3-4-22(20,21)6-9/h1-2,5,7,9H,3-4,6H2,(H,17,19)(H,15,16,18). The lowest BCUT2D eigenvalue weighted by atomic mass is 10.1. The van der Waals surface area contributed by atoms with Crippen molar-refractivity contribution in [3.05, 3.63) is 30.3 Å². The molecule has 2 aromatic rings. The van der Waals surface area contributed by atoms with Crippen molar-refractivity contribution >= 4 is 21.4 Å². The number of rotatable bonds is 3. The topological polar surface area (TPSA) is 105 Å². The first-order valence-electron chi connectivity index (χ1n) is 6.61. The van der Waals surface area contributed by atoms with Gasteiger partial charge in [-0.1, -0.05) is 0 Å². The molecule has 1 saturated heterocycles. The average molecular weight is 324 g/mol. The smallest absolute Gasteiger partial charge is 0.228 e. The number of benzene rings is 1. The van der Waals surface area contributed by atoms with Gasteiger partial charge < -0.3 is 5.32 Å². The number of nitrogens with one attached hydrogen (secondary N) is 2. The Bertz CT molecular complexity index is 805. The zero-order valence-electron chi connectivity index (χ0n) is 11.4. The fourth-order valence-corrected chi connectivity index (χ4v) is 4.09. The molecule has 0 spiro atoms. The summed E-state index contributed by atoms with van der Waals surface area (Å²) in [5, 5.41) is 8.80. The van der Waals surface area contributed by atoms with Crippen LogP contribution >= 0.6 is 0 Å². The predicted molar refractivity (Wildman–Crippen MR) is 77.2 cm³/mol. The fourth-order valence-electron chi connectivity index (χ4n) is 2.35. The number of anilines is 1. The molecule has 2 N–H and O–H groups in total. The van der Waals surface area contributed by atoms with Gasteiger partial charge in [0.2, 0.25) is 5.91 Å². The van der Waals surface area contributed by atoms with Crippen molar-refractivity contribution in [2.45, 2.75) is 6.42 Å². The Hall–Kier alpha value is -2.29. The molecule has 1 aliphatic rings. The molecule has 0 bridgehead atoms. The van der Waals surface area contributed by atoms with Gasteiger partial charge in [0.15, 0.2) is 15.7 Å². The van der Waals surface area contributed by atoms with E-state index in [-0.39, 0.29) is 23.6 Å². The van der Waals surface area contributed by atoms with Gasteiger partial charge in [-0.3, -0.25) is 9.89 Å². The van der Waals surface area contributed by atoms with Crippen molar-refractivity contribution in [2.24, 2.45) is 5.92 Å². The second-order valence-corrected chi connectivity index (χ2v) is 7.35. The van der Waals surface area contributed by atoms with E-state index in [2.05, 4.69) is 20.5 Å². The van der Waals surface area contributed by atoms with Crippen LogP contribution in [0.1, 0.15) is 6.42 Å². The number of hydrogen-bond donors (Lipinski definition) is 2. The molecular formula is C13H13FN4O3S. The van der Waals surface area contributed by atoms with Crippen LogP contribution in [0.3, 0.4) is 0 Å². The first-order chi connectivity index (χ1) is 10.4. The van der Waals surface area contributed by atoms with E-state index in [4.69, 9.17) is 0 Å². The maximum atomic E-state index is 13.8. The van der Waals surface area contributed by atoms with Crippen molar-refractivity contribution in [3.63, 3.8) is 0 Å². The molecule has 3 rings (SSSR count). The molecule has 1 aliphatic heterocycles. The number of aromatic amines is 1. The zero-order chi connectivity index (χ0) is 15.7. The van der Waals surface area contributed by atoms with Crippen molar-refractivity contribution in [1.82, 2.24) is 15.2 Å². The van der Waals surface area contributed by atoms with Gasteiger partial charge in [-0.05, 0) is 24.6 Å². The fraction of sp³-hybridized carbons (Fsp3) is 0.308. The quantitative estimate of drug-likeness (QED) is 0.876. The van der Waals surface area contributed by atoms with Gasteiger partial charge in [0.05, 0.1) is 23.1 Å². The number of carbonyl (C=O) groups is 1. The summed E-state index contributed by atoms with van der Waals surface area (Å²) >= 11 is 0. The molecule has 7 nitrogen and oxygen atoms in total. The van der Waals surface area contributed by atoms with Crippen LogP contribution in [0.5, 0.6) is 0 Å². The molecular weight excluding hydrogens is 311 g/mol. The highest BCUT2D eigenvalue weighted by molar-refractivity contribution is 7.91. The molecule has 0 saturated carbocycles. The third-order valence-corrected chi connectivity index (χ3v) is 5.28. The minimum atomic E-state index is -3.16. The third-order valence-electron chi connectivity index (χ3n) is 3.52. The lowest BCUT2D eigenvalue weighted by Crippen LogP contribution is -2.24. The Morgan fingerprint density at radius 1 is 1.41 bits per heavy atom. The van der Waals surface area contributed by atoms with E-state index in [1.54, 1.807) is 0 Å². The van der Waals surface area contributed by atoms with Crippen LogP contribution in [0.15, 0.2) is 24.5 Å². The number of nitrogens with zero attached hydrogens (tertiary/aromatic N) is 2. The van der Waals surface area contributed by atoms with Gasteiger partial charge >= 0.3 is 0 Å². The minimum absolute atomic E-state index is 0.00826.